The highest BCUT2D eigenvalue weighted by Crippen LogP contribution is 2.38. The van der Waals surface area contributed by atoms with Crippen molar-refractivity contribution in [3.63, 3.8) is 0 Å². The summed E-state index contributed by atoms with van der Waals surface area (Å²) >= 11 is 0. The molecular weight excluding hydrogens is 381 g/mol. The summed E-state index contributed by atoms with van der Waals surface area (Å²) in [5.41, 5.74) is 2.91. The first-order valence-corrected chi connectivity index (χ1v) is 8.60. The number of fused-ring (bicyclic) bond motifs is 1. The van der Waals surface area contributed by atoms with Crippen LogP contribution in [0.1, 0.15) is 0 Å². The van der Waals surface area contributed by atoms with E-state index >= 15 is 0 Å². The largest absolute Gasteiger partial charge is 0.356 e. The van der Waals surface area contributed by atoms with E-state index in [-0.39, 0.29) is 11.3 Å². The molecule has 0 fully saturated rings. The molecule has 0 unspecified atom stereocenters. The molecule has 0 amide bonds. The van der Waals surface area contributed by atoms with Crippen LogP contribution in [-0.2, 0) is 0 Å². The molecule has 0 aliphatic heterocycles. The highest BCUT2D eigenvalue weighted by Gasteiger charge is 2.21. The zero-order chi connectivity index (χ0) is 20.0. The van der Waals surface area contributed by atoms with Crippen LogP contribution in [0.5, 0.6) is 0 Å². The van der Waals surface area contributed by atoms with Crippen molar-refractivity contribution in [1.82, 2.24) is 20.1 Å². The van der Waals surface area contributed by atoms with Gasteiger partial charge in [0.2, 0.25) is 5.95 Å². The minimum absolute atomic E-state index is 0.0439. The van der Waals surface area contributed by atoms with Crippen molar-refractivity contribution in [1.29, 1.82) is 0 Å². The minimum Gasteiger partial charge on any atom is -0.356 e. The second kappa shape index (κ2) is 6.59. The van der Waals surface area contributed by atoms with E-state index < -0.39 is 17.6 Å². The number of aromatic nitrogens is 4. The van der Waals surface area contributed by atoms with Crippen LogP contribution in [0, 0.1) is 17.6 Å². The van der Waals surface area contributed by atoms with Crippen molar-refractivity contribution in [3.8, 4) is 33.6 Å². The molecule has 8 heteroatoms. The fourth-order valence-electron chi connectivity index (χ4n) is 3.23. The van der Waals surface area contributed by atoms with Gasteiger partial charge in [0, 0.05) is 46.2 Å². The lowest BCUT2D eigenvalue weighted by atomic mass is 10.0. The first-order valence-electron chi connectivity index (χ1n) is 8.60. The third kappa shape index (κ3) is 2.85. The summed E-state index contributed by atoms with van der Waals surface area (Å²) < 4.78 is 46.5. The van der Waals surface area contributed by atoms with Crippen molar-refractivity contribution in [3.05, 3.63) is 78.8 Å². The van der Waals surface area contributed by atoms with E-state index in [1.807, 2.05) is 6.07 Å². The number of nitrogens with zero attached hydrogens (tertiary/aromatic N) is 3. The Morgan fingerprint density at radius 3 is 2.52 bits per heavy atom. The van der Waals surface area contributed by atoms with Crippen LogP contribution in [-0.4, -0.2) is 20.1 Å². The predicted octanol–water partition coefficient (Wildman–Crippen LogP) is 5.36. The van der Waals surface area contributed by atoms with E-state index in [2.05, 4.69) is 20.1 Å². The van der Waals surface area contributed by atoms with Crippen molar-refractivity contribution >= 4 is 11.0 Å². The summed E-state index contributed by atoms with van der Waals surface area (Å²) in [6.45, 7) is 0. The molecule has 0 radical (unpaired) electrons. The van der Waals surface area contributed by atoms with Crippen LogP contribution in [0.4, 0.5) is 13.2 Å². The van der Waals surface area contributed by atoms with Gasteiger partial charge in [-0.3, -0.25) is 0 Å². The van der Waals surface area contributed by atoms with Gasteiger partial charge in [-0.15, -0.1) is 0 Å². The molecule has 4 heterocycles. The lowest BCUT2D eigenvalue weighted by Crippen LogP contribution is -1.89. The molecule has 0 aliphatic rings. The fraction of sp³-hybridized carbons (Fsp3) is 0. The van der Waals surface area contributed by atoms with E-state index in [4.69, 9.17) is 4.52 Å². The lowest BCUT2D eigenvalue weighted by Gasteiger charge is -2.04. The third-order valence-corrected chi connectivity index (χ3v) is 4.65. The van der Waals surface area contributed by atoms with Gasteiger partial charge >= 0.3 is 0 Å². The molecule has 29 heavy (non-hydrogen) atoms. The average Bonchev–Trinajstić information content (AvgIpc) is 3.36. The van der Waals surface area contributed by atoms with Gasteiger partial charge < -0.3 is 9.51 Å². The number of hydrogen-bond acceptors (Lipinski definition) is 4. The molecule has 1 aromatic carbocycles. The second-order valence-electron chi connectivity index (χ2n) is 6.36. The topological polar surface area (TPSA) is 67.6 Å². The standard InChI is InChI=1S/C21H11F3N4O/c22-17-3-1-2-13(19(17)24)16-10-28-29-20(16)15-9-27-21-14(15)6-12(8-26-21)11-4-5-18(23)25-7-11/h1-10H,(H,26,27). The van der Waals surface area contributed by atoms with Gasteiger partial charge in [-0.05, 0) is 24.3 Å². The number of nitrogens with one attached hydrogen (secondary N) is 1. The smallest absolute Gasteiger partial charge is 0.212 e. The monoisotopic (exact) mass is 392 g/mol. The summed E-state index contributed by atoms with van der Waals surface area (Å²) in [6, 6.07) is 8.61. The van der Waals surface area contributed by atoms with E-state index in [9.17, 15) is 13.2 Å². The zero-order valence-corrected chi connectivity index (χ0v) is 14.7. The molecule has 1 N–H and O–H groups in total. The summed E-state index contributed by atoms with van der Waals surface area (Å²) in [5.74, 6) is -2.24. The van der Waals surface area contributed by atoms with Gasteiger partial charge in [-0.25, -0.2) is 18.7 Å². The Morgan fingerprint density at radius 2 is 1.69 bits per heavy atom. The van der Waals surface area contributed by atoms with Crippen LogP contribution < -0.4 is 0 Å². The van der Waals surface area contributed by atoms with Crippen molar-refractivity contribution < 1.29 is 17.7 Å². The van der Waals surface area contributed by atoms with Gasteiger partial charge in [0.1, 0.15) is 5.65 Å². The first kappa shape index (κ1) is 17.2. The molecule has 4 aromatic heterocycles. The van der Waals surface area contributed by atoms with Crippen LogP contribution in [0.25, 0.3) is 44.6 Å². The van der Waals surface area contributed by atoms with Gasteiger partial charge in [-0.2, -0.15) is 4.39 Å². The molecule has 0 saturated carbocycles. The Hall–Kier alpha value is -3.94. The average molecular weight is 392 g/mol. The van der Waals surface area contributed by atoms with Crippen LogP contribution in [0.3, 0.4) is 0 Å². The van der Waals surface area contributed by atoms with Gasteiger partial charge in [-0.1, -0.05) is 17.3 Å². The van der Waals surface area contributed by atoms with Crippen molar-refractivity contribution in [2.45, 2.75) is 0 Å². The maximum atomic E-state index is 14.3. The zero-order valence-electron chi connectivity index (χ0n) is 14.7. The Morgan fingerprint density at radius 1 is 0.828 bits per heavy atom. The minimum atomic E-state index is -0.979. The highest BCUT2D eigenvalue weighted by atomic mass is 19.2. The SMILES string of the molecule is Fc1ccc(-c2cnc3[nH]cc(-c4oncc4-c4cccc(F)c4F)c3c2)cn1. The number of pyridine rings is 2. The Balaban J connectivity index is 1.67. The normalized spacial score (nSPS) is 11.3. The van der Waals surface area contributed by atoms with E-state index in [1.165, 1.54) is 30.6 Å². The quantitative estimate of drug-likeness (QED) is 0.420. The molecular formula is C21H11F3N4O. The van der Waals surface area contributed by atoms with Crippen LogP contribution in [0.15, 0.2) is 65.7 Å². The van der Waals surface area contributed by atoms with E-state index in [1.54, 1.807) is 18.5 Å². The summed E-state index contributed by atoms with van der Waals surface area (Å²) in [7, 11) is 0. The highest BCUT2D eigenvalue weighted by molar-refractivity contribution is 5.97. The molecule has 5 aromatic rings. The maximum Gasteiger partial charge on any atom is 0.212 e. The van der Waals surface area contributed by atoms with Crippen molar-refractivity contribution in [2.75, 3.05) is 0 Å². The number of H-pyrrole nitrogens is 1. The molecule has 0 spiro atoms. The van der Waals surface area contributed by atoms with Gasteiger partial charge in [0.05, 0.1) is 11.8 Å². The number of hydrogen-bond donors (Lipinski definition) is 1. The van der Waals surface area contributed by atoms with E-state index in [0.717, 1.165) is 6.07 Å². The lowest BCUT2D eigenvalue weighted by molar-refractivity contribution is 0.432. The number of aromatic amines is 1. The maximum absolute atomic E-state index is 14.3. The Kier molecular flexibility index (Phi) is 3.90. The van der Waals surface area contributed by atoms with Crippen LogP contribution in [0.2, 0.25) is 0 Å². The van der Waals surface area contributed by atoms with Gasteiger partial charge in [0.15, 0.2) is 17.4 Å². The fourth-order valence-corrected chi connectivity index (χ4v) is 3.23. The number of rotatable bonds is 3. The molecule has 5 rings (SSSR count). The van der Waals surface area contributed by atoms with E-state index in [0.29, 0.717) is 33.3 Å². The molecule has 0 saturated heterocycles. The Bertz CT molecular complexity index is 1340. The number of benzene rings is 1. The third-order valence-electron chi connectivity index (χ3n) is 4.65. The summed E-state index contributed by atoms with van der Waals surface area (Å²) in [5, 5.41) is 4.45. The molecule has 5 nitrogen and oxygen atoms in total. The molecule has 0 atom stereocenters. The van der Waals surface area contributed by atoms with Crippen LogP contribution >= 0.6 is 0 Å². The number of halogens is 3. The first-order chi connectivity index (χ1) is 14.1. The molecule has 142 valence electrons. The molecule has 0 aliphatic carbocycles. The second-order valence-corrected chi connectivity index (χ2v) is 6.36. The van der Waals surface area contributed by atoms with Crippen molar-refractivity contribution in [2.24, 2.45) is 0 Å². The predicted molar refractivity (Wildman–Crippen MR) is 100 cm³/mol. The molecule has 0 bridgehead atoms. The Labute approximate surface area is 161 Å². The van der Waals surface area contributed by atoms with Gasteiger partial charge in [0.25, 0.3) is 0 Å². The summed E-state index contributed by atoms with van der Waals surface area (Å²) in [6.07, 6.45) is 6.04. The summed E-state index contributed by atoms with van der Waals surface area (Å²) in [4.78, 5) is 11.1.